The highest BCUT2D eigenvalue weighted by molar-refractivity contribution is 5.15. The van der Waals surface area contributed by atoms with E-state index in [1.54, 1.807) is 6.33 Å². The molecule has 0 radical (unpaired) electrons. The van der Waals surface area contributed by atoms with E-state index in [0.717, 1.165) is 12.8 Å². The lowest BCUT2D eigenvalue weighted by atomic mass is 10.1. The monoisotopic (exact) mass is 181 g/mol. The van der Waals surface area contributed by atoms with Crippen LogP contribution in [0.5, 0.6) is 0 Å². The molecule has 3 nitrogen and oxygen atoms in total. The maximum absolute atomic E-state index is 4.16. The Hall–Kier alpha value is -0.960. The van der Waals surface area contributed by atoms with E-state index in [2.05, 4.69) is 29.1 Å². The van der Waals surface area contributed by atoms with E-state index >= 15 is 0 Å². The number of hydrogen-bond donors (Lipinski definition) is 1. The molecule has 13 heavy (non-hydrogen) atoms. The van der Waals surface area contributed by atoms with Crippen molar-refractivity contribution in [2.75, 3.05) is 14.1 Å². The summed E-state index contributed by atoms with van der Waals surface area (Å²) in [5, 5.41) is 2.75. The van der Waals surface area contributed by atoms with Crippen LogP contribution in [-0.2, 0) is 12.8 Å². The van der Waals surface area contributed by atoms with Crippen LogP contribution in [0.4, 0.5) is 0 Å². The largest absolute Gasteiger partial charge is 0.323 e. The van der Waals surface area contributed by atoms with Crippen LogP contribution in [0.25, 0.3) is 0 Å². The molecule has 1 aromatic heterocycles. The third kappa shape index (κ3) is 4.58. The highest BCUT2D eigenvalue weighted by Crippen LogP contribution is 2.03. The molecule has 0 amide bonds. The van der Waals surface area contributed by atoms with E-state index in [4.69, 9.17) is 0 Å². The number of aryl methyl sites for hydroxylation is 2. The van der Waals surface area contributed by atoms with Crippen LogP contribution in [0.2, 0.25) is 0 Å². The molecule has 0 fully saturated rings. The van der Waals surface area contributed by atoms with Gasteiger partial charge < -0.3 is 5.32 Å². The number of nitrogens with zero attached hydrogens (tertiary/aromatic N) is 2. The Morgan fingerprint density at radius 1 is 1.23 bits per heavy atom. The van der Waals surface area contributed by atoms with Crippen molar-refractivity contribution >= 4 is 0 Å². The molecule has 0 aliphatic heterocycles. The van der Waals surface area contributed by atoms with Crippen LogP contribution in [0.15, 0.2) is 12.5 Å². The minimum Gasteiger partial charge on any atom is -0.323 e. The normalized spacial score (nSPS) is 8.92. The first-order valence-electron chi connectivity index (χ1n) is 4.66. The smallest absolute Gasteiger partial charge is 0.115 e. The summed E-state index contributed by atoms with van der Waals surface area (Å²) in [6.45, 7) is 4.24. The highest BCUT2D eigenvalue weighted by Gasteiger charge is 1.96. The molecule has 0 aliphatic rings. The van der Waals surface area contributed by atoms with Crippen molar-refractivity contribution in [3.8, 4) is 0 Å². The van der Waals surface area contributed by atoms with E-state index in [9.17, 15) is 0 Å². The molecule has 0 saturated carbocycles. The first-order valence-corrected chi connectivity index (χ1v) is 4.66. The Bertz CT molecular complexity index is 200. The number of rotatable bonds is 2. The van der Waals surface area contributed by atoms with Gasteiger partial charge in [0.1, 0.15) is 6.33 Å². The minimum absolute atomic E-state index is 1.01. The molecule has 0 unspecified atom stereocenters. The van der Waals surface area contributed by atoms with Crippen LogP contribution >= 0.6 is 0 Å². The Balaban J connectivity index is 0.000000424. The predicted octanol–water partition coefficient (Wildman–Crippen LogP) is 1.44. The topological polar surface area (TPSA) is 37.8 Å². The van der Waals surface area contributed by atoms with Gasteiger partial charge in [-0.25, -0.2) is 9.97 Å². The van der Waals surface area contributed by atoms with Gasteiger partial charge in [0.25, 0.3) is 0 Å². The van der Waals surface area contributed by atoms with E-state index in [-0.39, 0.29) is 0 Å². The first-order chi connectivity index (χ1) is 6.29. The summed E-state index contributed by atoms with van der Waals surface area (Å²) in [5.41, 5.74) is 2.45. The second-order valence-electron chi connectivity index (χ2n) is 2.70. The molecule has 0 aliphatic carbocycles. The fourth-order valence-electron chi connectivity index (χ4n) is 0.997. The summed E-state index contributed by atoms with van der Waals surface area (Å²) in [4.78, 5) is 8.11. The van der Waals surface area contributed by atoms with Gasteiger partial charge in [0, 0.05) is 11.9 Å². The summed E-state index contributed by atoms with van der Waals surface area (Å²) >= 11 is 0. The van der Waals surface area contributed by atoms with Crippen molar-refractivity contribution in [1.29, 1.82) is 0 Å². The first kappa shape index (κ1) is 12.0. The van der Waals surface area contributed by atoms with Gasteiger partial charge in [-0.15, -0.1) is 0 Å². The van der Waals surface area contributed by atoms with Gasteiger partial charge in [-0.1, -0.05) is 13.8 Å². The molecule has 0 saturated heterocycles. The lowest BCUT2D eigenvalue weighted by Gasteiger charge is -2.00. The van der Waals surface area contributed by atoms with E-state index in [0.29, 0.717) is 0 Å². The highest BCUT2D eigenvalue weighted by atomic mass is 14.8. The third-order valence-electron chi connectivity index (χ3n) is 1.60. The maximum Gasteiger partial charge on any atom is 0.115 e. The zero-order valence-corrected chi connectivity index (χ0v) is 8.96. The van der Waals surface area contributed by atoms with Crippen LogP contribution in [0.1, 0.15) is 25.1 Å². The van der Waals surface area contributed by atoms with Gasteiger partial charge in [-0.2, -0.15) is 0 Å². The zero-order chi connectivity index (χ0) is 10.1. The Labute approximate surface area is 80.6 Å². The molecule has 1 aromatic rings. The van der Waals surface area contributed by atoms with Crippen LogP contribution < -0.4 is 5.32 Å². The number of hydrogen-bond acceptors (Lipinski definition) is 3. The van der Waals surface area contributed by atoms with Gasteiger partial charge in [0.15, 0.2) is 0 Å². The van der Waals surface area contributed by atoms with E-state index < -0.39 is 0 Å². The summed E-state index contributed by atoms with van der Waals surface area (Å²) < 4.78 is 0. The SMILES string of the molecule is CCc1cncnc1CC.CNC. The predicted molar refractivity (Wildman–Crippen MR) is 55.8 cm³/mol. The molecular formula is C10H19N3. The Morgan fingerprint density at radius 2 is 1.85 bits per heavy atom. The second kappa shape index (κ2) is 7.68. The average Bonchev–Trinajstić information content (AvgIpc) is 2.19. The van der Waals surface area contributed by atoms with Crippen LogP contribution in [-0.4, -0.2) is 24.1 Å². The van der Waals surface area contributed by atoms with Crippen molar-refractivity contribution in [3.05, 3.63) is 23.8 Å². The molecule has 1 rings (SSSR count). The van der Waals surface area contributed by atoms with Crippen LogP contribution in [0, 0.1) is 0 Å². The standard InChI is InChI=1S/C8H12N2.C2H7N/c1-3-7-5-9-6-10-8(7)4-2;1-3-2/h5-6H,3-4H2,1-2H3;3H,1-2H3. The number of aromatic nitrogens is 2. The van der Waals surface area contributed by atoms with Gasteiger partial charge in [0.05, 0.1) is 0 Å². The second-order valence-corrected chi connectivity index (χ2v) is 2.70. The fourth-order valence-corrected chi connectivity index (χ4v) is 0.997. The van der Waals surface area contributed by atoms with Gasteiger partial charge in [-0.3, -0.25) is 0 Å². The fraction of sp³-hybridized carbons (Fsp3) is 0.600. The summed E-state index contributed by atoms with van der Waals surface area (Å²) in [7, 11) is 3.75. The third-order valence-corrected chi connectivity index (χ3v) is 1.60. The molecular weight excluding hydrogens is 162 g/mol. The Kier molecular flexibility index (Phi) is 7.11. The zero-order valence-electron chi connectivity index (χ0n) is 8.96. The van der Waals surface area contributed by atoms with Gasteiger partial charge in [0.2, 0.25) is 0 Å². The lowest BCUT2D eigenvalue weighted by molar-refractivity contribution is 0.930. The molecule has 1 N–H and O–H groups in total. The molecule has 0 atom stereocenters. The molecule has 0 spiro atoms. The van der Waals surface area contributed by atoms with Crippen LogP contribution in [0.3, 0.4) is 0 Å². The average molecular weight is 181 g/mol. The van der Waals surface area contributed by atoms with Gasteiger partial charge in [-0.05, 0) is 32.5 Å². The lowest BCUT2D eigenvalue weighted by Crippen LogP contribution is -1.95. The van der Waals surface area contributed by atoms with Crippen molar-refractivity contribution in [3.63, 3.8) is 0 Å². The summed E-state index contributed by atoms with van der Waals surface area (Å²) in [5.74, 6) is 0. The quantitative estimate of drug-likeness (QED) is 0.750. The molecule has 0 aromatic carbocycles. The number of nitrogens with one attached hydrogen (secondary N) is 1. The Morgan fingerprint density at radius 3 is 2.23 bits per heavy atom. The van der Waals surface area contributed by atoms with Crippen molar-refractivity contribution in [1.82, 2.24) is 15.3 Å². The summed E-state index contributed by atoms with van der Waals surface area (Å²) in [6, 6.07) is 0. The molecule has 3 heteroatoms. The van der Waals surface area contributed by atoms with Crippen molar-refractivity contribution < 1.29 is 0 Å². The summed E-state index contributed by atoms with van der Waals surface area (Å²) in [6.07, 6.45) is 5.54. The molecule has 0 bridgehead atoms. The molecule has 1 heterocycles. The van der Waals surface area contributed by atoms with Crippen molar-refractivity contribution in [2.45, 2.75) is 26.7 Å². The maximum atomic E-state index is 4.16. The minimum atomic E-state index is 1.01. The van der Waals surface area contributed by atoms with E-state index in [1.807, 2.05) is 20.3 Å². The van der Waals surface area contributed by atoms with Gasteiger partial charge >= 0.3 is 0 Å². The molecule has 74 valence electrons. The van der Waals surface area contributed by atoms with Crippen molar-refractivity contribution in [2.24, 2.45) is 0 Å². The van der Waals surface area contributed by atoms with E-state index in [1.165, 1.54) is 11.3 Å².